The summed E-state index contributed by atoms with van der Waals surface area (Å²) in [6.45, 7) is 6.60. The van der Waals surface area contributed by atoms with Crippen LogP contribution in [-0.4, -0.2) is 16.0 Å². The van der Waals surface area contributed by atoms with Gasteiger partial charge in [-0.25, -0.2) is 4.98 Å². The number of hydrogen-bond donors (Lipinski definition) is 1. The summed E-state index contributed by atoms with van der Waals surface area (Å²) in [6, 6.07) is 0.455. The van der Waals surface area contributed by atoms with Gasteiger partial charge in [-0.1, -0.05) is 13.8 Å². The molecule has 0 saturated heterocycles. The standard InChI is InChI=1S/C10H17N3/c1-8(2)6-9(3)13-10-7-11-4-5-12-10/h4-5,7-9H,6H2,1-3H3,(H,12,13). The molecule has 1 aromatic heterocycles. The summed E-state index contributed by atoms with van der Waals surface area (Å²) in [5, 5.41) is 3.30. The van der Waals surface area contributed by atoms with Crippen molar-refractivity contribution in [3.05, 3.63) is 18.6 Å². The lowest BCUT2D eigenvalue weighted by Gasteiger charge is -2.15. The third-order valence-corrected chi connectivity index (χ3v) is 1.78. The summed E-state index contributed by atoms with van der Waals surface area (Å²) in [5.41, 5.74) is 0. The SMILES string of the molecule is CC(C)CC(C)Nc1cnccn1. The van der Waals surface area contributed by atoms with Gasteiger partial charge in [0.2, 0.25) is 0 Å². The van der Waals surface area contributed by atoms with Crippen molar-refractivity contribution in [2.24, 2.45) is 5.92 Å². The molecule has 1 N–H and O–H groups in total. The number of nitrogens with zero attached hydrogens (tertiary/aromatic N) is 2. The Morgan fingerprint density at radius 2 is 2.08 bits per heavy atom. The second-order valence-corrected chi connectivity index (χ2v) is 3.77. The Bertz CT molecular complexity index is 233. The van der Waals surface area contributed by atoms with Crippen LogP contribution in [0.25, 0.3) is 0 Å². The van der Waals surface area contributed by atoms with Gasteiger partial charge in [-0.15, -0.1) is 0 Å². The summed E-state index contributed by atoms with van der Waals surface area (Å²) >= 11 is 0. The molecule has 0 aromatic carbocycles. The van der Waals surface area contributed by atoms with Gasteiger partial charge in [-0.05, 0) is 19.3 Å². The molecule has 0 saturated carbocycles. The monoisotopic (exact) mass is 179 g/mol. The lowest BCUT2D eigenvalue weighted by atomic mass is 10.1. The molecule has 0 aliphatic rings. The van der Waals surface area contributed by atoms with E-state index in [0.717, 1.165) is 12.2 Å². The number of anilines is 1. The third kappa shape index (κ3) is 3.87. The van der Waals surface area contributed by atoms with Crippen LogP contribution in [0.15, 0.2) is 18.6 Å². The van der Waals surface area contributed by atoms with E-state index < -0.39 is 0 Å². The number of aromatic nitrogens is 2. The van der Waals surface area contributed by atoms with Gasteiger partial charge in [0.05, 0.1) is 6.20 Å². The van der Waals surface area contributed by atoms with Crippen molar-refractivity contribution in [3.63, 3.8) is 0 Å². The second kappa shape index (κ2) is 4.80. The molecule has 3 nitrogen and oxygen atoms in total. The first-order valence-electron chi connectivity index (χ1n) is 4.71. The van der Waals surface area contributed by atoms with E-state index in [1.54, 1.807) is 18.6 Å². The average Bonchev–Trinajstić information content (AvgIpc) is 2.04. The molecule has 0 spiro atoms. The lowest BCUT2D eigenvalue weighted by molar-refractivity contribution is 0.538. The van der Waals surface area contributed by atoms with Crippen LogP contribution >= 0.6 is 0 Å². The molecule has 1 unspecified atom stereocenters. The van der Waals surface area contributed by atoms with E-state index in [2.05, 4.69) is 36.1 Å². The summed E-state index contributed by atoms with van der Waals surface area (Å²) < 4.78 is 0. The molecular formula is C10H17N3. The average molecular weight is 179 g/mol. The molecule has 3 heteroatoms. The van der Waals surface area contributed by atoms with E-state index in [0.29, 0.717) is 12.0 Å². The smallest absolute Gasteiger partial charge is 0.144 e. The van der Waals surface area contributed by atoms with Gasteiger partial charge in [0.25, 0.3) is 0 Å². The van der Waals surface area contributed by atoms with Crippen molar-refractivity contribution in [2.45, 2.75) is 33.2 Å². The Morgan fingerprint density at radius 3 is 2.62 bits per heavy atom. The van der Waals surface area contributed by atoms with Gasteiger partial charge in [0.1, 0.15) is 5.82 Å². The molecular weight excluding hydrogens is 162 g/mol. The van der Waals surface area contributed by atoms with E-state index in [1.165, 1.54) is 0 Å². The maximum absolute atomic E-state index is 4.15. The van der Waals surface area contributed by atoms with Gasteiger partial charge in [0.15, 0.2) is 0 Å². The minimum atomic E-state index is 0.455. The molecule has 0 aliphatic carbocycles. The fourth-order valence-electron chi connectivity index (χ4n) is 1.39. The molecule has 72 valence electrons. The highest BCUT2D eigenvalue weighted by Gasteiger charge is 2.04. The van der Waals surface area contributed by atoms with Crippen molar-refractivity contribution in [1.82, 2.24) is 9.97 Å². The Morgan fingerprint density at radius 1 is 1.31 bits per heavy atom. The molecule has 0 aliphatic heterocycles. The maximum atomic E-state index is 4.15. The molecule has 0 radical (unpaired) electrons. The van der Waals surface area contributed by atoms with Crippen molar-refractivity contribution in [2.75, 3.05) is 5.32 Å². The van der Waals surface area contributed by atoms with E-state index in [-0.39, 0.29) is 0 Å². The topological polar surface area (TPSA) is 37.8 Å². The molecule has 0 fully saturated rings. The van der Waals surface area contributed by atoms with E-state index in [4.69, 9.17) is 0 Å². The van der Waals surface area contributed by atoms with Gasteiger partial charge in [0, 0.05) is 18.4 Å². The molecule has 0 amide bonds. The molecule has 1 rings (SSSR count). The van der Waals surface area contributed by atoms with Crippen LogP contribution in [0.4, 0.5) is 5.82 Å². The first kappa shape index (κ1) is 9.96. The first-order valence-corrected chi connectivity index (χ1v) is 4.71. The zero-order chi connectivity index (χ0) is 9.68. The Kier molecular flexibility index (Phi) is 3.68. The highest BCUT2D eigenvalue weighted by molar-refractivity contribution is 5.30. The highest BCUT2D eigenvalue weighted by Crippen LogP contribution is 2.08. The minimum absolute atomic E-state index is 0.455. The fraction of sp³-hybridized carbons (Fsp3) is 0.600. The van der Waals surface area contributed by atoms with Crippen LogP contribution in [0.2, 0.25) is 0 Å². The summed E-state index contributed by atoms with van der Waals surface area (Å²) in [5.74, 6) is 1.56. The quantitative estimate of drug-likeness (QED) is 0.770. The van der Waals surface area contributed by atoms with Gasteiger partial charge >= 0.3 is 0 Å². The van der Waals surface area contributed by atoms with E-state index >= 15 is 0 Å². The predicted octanol–water partition coefficient (Wildman–Crippen LogP) is 2.32. The van der Waals surface area contributed by atoms with Crippen LogP contribution in [0, 0.1) is 5.92 Å². The second-order valence-electron chi connectivity index (χ2n) is 3.77. The fourth-order valence-corrected chi connectivity index (χ4v) is 1.39. The number of hydrogen-bond acceptors (Lipinski definition) is 3. The van der Waals surface area contributed by atoms with Crippen LogP contribution < -0.4 is 5.32 Å². The molecule has 1 atom stereocenters. The van der Waals surface area contributed by atoms with E-state index in [9.17, 15) is 0 Å². The summed E-state index contributed by atoms with van der Waals surface area (Å²) in [7, 11) is 0. The number of nitrogens with one attached hydrogen (secondary N) is 1. The Hall–Kier alpha value is -1.12. The van der Waals surface area contributed by atoms with Crippen LogP contribution in [0.3, 0.4) is 0 Å². The zero-order valence-corrected chi connectivity index (χ0v) is 8.49. The van der Waals surface area contributed by atoms with Crippen molar-refractivity contribution >= 4 is 5.82 Å². The summed E-state index contributed by atoms with van der Waals surface area (Å²) in [4.78, 5) is 8.14. The Balaban J connectivity index is 2.41. The molecule has 0 bridgehead atoms. The van der Waals surface area contributed by atoms with E-state index in [1.807, 2.05) is 0 Å². The highest BCUT2D eigenvalue weighted by atomic mass is 15.0. The minimum Gasteiger partial charge on any atom is -0.366 e. The van der Waals surface area contributed by atoms with Gasteiger partial charge in [-0.3, -0.25) is 4.98 Å². The van der Waals surface area contributed by atoms with Crippen molar-refractivity contribution in [1.29, 1.82) is 0 Å². The maximum Gasteiger partial charge on any atom is 0.144 e. The van der Waals surface area contributed by atoms with Crippen LogP contribution in [0.5, 0.6) is 0 Å². The Labute approximate surface area is 79.6 Å². The predicted molar refractivity (Wildman–Crippen MR) is 54.6 cm³/mol. The normalized spacial score (nSPS) is 12.9. The molecule has 1 heterocycles. The van der Waals surface area contributed by atoms with Crippen molar-refractivity contribution in [3.8, 4) is 0 Å². The van der Waals surface area contributed by atoms with Gasteiger partial charge < -0.3 is 5.32 Å². The van der Waals surface area contributed by atoms with Gasteiger partial charge in [-0.2, -0.15) is 0 Å². The molecule has 1 aromatic rings. The first-order chi connectivity index (χ1) is 6.18. The zero-order valence-electron chi connectivity index (χ0n) is 8.49. The van der Waals surface area contributed by atoms with Crippen molar-refractivity contribution < 1.29 is 0 Å². The lowest BCUT2D eigenvalue weighted by Crippen LogP contribution is -2.18. The van der Waals surface area contributed by atoms with Crippen LogP contribution in [0.1, 0.15) is 27.2 Å². The third-order valence-electron chi connectivity index (χ3n) is 1.78. The summed E-state index contributed by atoms with van der Waals surface area (Å²) in [6.07, 6.45) is 6.27. The number of rotatable bonds is 4. The van der Waals surface area contributed by atoms with Crippen LogP contribution in [-0.2, 0) is 0 Å². The largest absolute Gasteiger partial charge is 0.366 e. The molecule has 13 heavy (non-hydrogen) atoms.